The van der Waals surface area contributed by atoms with Gasteiger partial charge in [-0.15, -0.1) is 30.3 Å². The molecular weight excluding hydrogens is 1410 g/mol. The van der Waals surface area contributed by atoms with Crippen molar-refractivity contribution < 1.29 is 25.8 Å². The molecule has 0 atom stereocenters. The summed E-state index contributed by atoms with van der Waals surface area (Å²) in [5.74, 6) is 1.91. The minimum Gasteiger partial charge on any atom is -0.509 e. The van der Waals surface area contributed by atoms with Crippen molar-refractivity contribution in [2.24, 2.45) is 0 Å². The molecule has 8 heteroatoms. The Morgan fingerprint density at radius 1 is 0.380 bits per heavy atom. The molecular formula is C92H70N5OPtSi-3. The van der Waals surface area contributed by atoms with Gasteiger partial charge in [-0.2, -0.15) is 6.07 Å². The Hall–Kier alpha value is -11.2. The molecule has 0 saturated heterocycles. The topological polar surface area (TPSA) is 40.1 Å². The molecule has 0 saturated carbocycles. The molecule has 0 bridgehead atoms. The number of hydrogen-bond acceptors (Lipinski definition) is 3. The van der Waals surface area contributed by atoms with Crippen LogP contribution in [0.2, 0.25) is 0 Å². The summed E-state index contributed by atoms with van der Waals surface area (Å²) in [5, 5.41) is 16.7. The van der Waals surface area contributed by atoms with Crippen molar-refractivity contribution >= 4 is 127 Å². The van der Waals surface area contributed by atoms with Gasteiger partial charge in [0.25, 0.3) is 0 Å². The molecule has 0 amide bonds. The first-order chi connectivity index (χ1) is 48.4. The standard InChI is InChI=1S/C92H70N5OSi.Pt/c1-91(2,3)62-51-52-93-87(56-62)97-83-49-25-22-43-80(83)88-85(96-81-47-23-20-41-76(81)77-42-21-24-48-82(77)96)58-66(59-86(88)97)98-65-30-26-29-64(57-65)94-60-95-89-71(44-27-45-78(89)74-39-18-16-37-72(74)73-38-17-19-40-75(73)79-46-28-50-84(94)90(79)95)61-53-63(92(4,5)6)55-70(54-61)99(67-31-10-7-11-32-67,68-33-12-8-13-34-68)69-35-14-9-15-36-69;/h7-56,58,60H,1-6H3;/q-3;. The van der Waals surface area contributed by atoms with Crippen LogP contribution in [0, 0.1) is 18.8 Å². The van der Waals surface area contributed by atoms with E-state index in [0.717, 1.165) is 99.4 Å². The third kappa shape index (κ3) is 10.1. The van der Waals surface area contributed by atoms with E-state index in [1.165, 1.54) is 53.4 Å². The second-order valence-electron chi connectivity index (χ2n) is 28.3. The van der Waals surface area contributed by atoms with Gasteiger partial charge >= 0.3 is 0 Å². The van der Waals surface area contributed by atoms with Crippen LogP contribution in [0.15, 0.2) is 310 Å². The molecule has 17 aromatic rings. The average Bonchev–Trinajstić information content (AvgIpc) is 1.44. The summed E-state index contributed by atoms with van der Waals surface area (Å²) < 4.78 is 14.5. The van der Waals surface area contributed by atoms with Crippen molar-refractivity contribution in [1.29, 1.82) is 0 Å². The van der Waals surface area contributed by atoms with Gasteiger partial charge < -0.3 is 23.3 Å². The molecule has 1 aliphatic heterocycles. The molecule has 4 aromatic heterocycles. The molecule has 100 heavy (non-hydrogen) atoms. The van der Waals surface area contributed by atoms with Gasteiger partial charge in [-0.05, 0) is 151 Å². The monoisotopic (exact) mass is 1480 g/mol. The van der Waals surface area contributed by atoms with Crippen LogP contribution in [0.5, 0.6) is 11.5 Å². The number of nitrogens with zero attached hydrogens (tertiary/aromatic N) is 5. The van der Waals surface area contributed by atoms with E-state index in [4.69, 9.17) is 9.72 Å². The van der Waals surface area contributed by atoms with Gasteiger partial charge in [0.1, 0.15) is 5.82 Å². The largest absolute Gasteiger partial charge is 0.509 e. The number of fused-ring (bicyclic) bond motifs is 13. The normalized spacial score (nSPS) is 12.5. The predicted octanol–water partition coefficient (Wildman–Crippen LogP) is 21.0. The van der Waals surface area contributed by atoms with Gasteiger partial charge in [0.05, 0.1) is 11.0 Å². The number of pyridine rings is 1. The molecule has 486 valence electrons. The first-order valence-corrected chi connectivity index (χ1v) is 36.3. The summed E-state index contributed by atoms with van der Waals surface area (Å²) >= 11 is 0. The molecule has 18 rings (SSSR count). The van der Waals surface area contributed by atoms with Crippen LogP contribution in [0.3, 0.4) is 0 Å². The molecule has 6 nitrogen and oxygen atoms in total. The SMILES string of the molecule is CC(C)(C)c1cc(-c2cccc3c4ccccc4c4ccccc4c4cccc5c4n(c23)[CH-]N5c2[c-]c(Oc3[c-]c4c(c(-n5c6ccccc6c6ccccc65)c3)c3ccccc3n4-c3cc(C(C)(C)C)ccn3)ccc2)cc([Si](c2ccccc2)(c2ccccc2)c2ccccc2)c1.[Pt]. The first-order valence-electron chi connectivity index (χ1n) is 34.3. The van der Waals surface area contributed by atoms with E-state index in [-0.39, 0.29) is 31.9 Å². The van der Waals surface area contributed by atoms with Crippen molar-refractivity contribution in [3.8, 4) is 34.1 Å². The average molecular weight is 1480 g/mol. The third-order valence-electron chi connectivity index (χ3n) is 20.4. The summed E-state index contributed by atoms with van der Waals surface area (Å²) in [6.07, 6.45) is 1.93. The fourth-order valence-electron chi connectivity index (χ4n) is 15.8. The van der Waals surface area contributed by atoms with Crippen LogP contribution in [-0.2, 0) is 31.9 Å². The fourth-order valence-corrected chi connectivity index (χ4v) is 20.7. The molecule has 1 aliphatic rings. The second-order valence-corrected chi connectivity index (χ2v) is 32.1. The van der Waals surface area contributed by atoms with Gasteiger partial charge in [-0.25, -0.2) is 4.98 Å². The van der Waals surface area contributed by atoms with Crippen LogP contribution >= 0.6 is 0 Å². The van der Waals surface area contributed by atoms with Crippen molar-refractivity contribution in [2.75, 3.05) is 4.90 Å². The first kappa shape index (κ1) is 62.3. The van der Waals surface area contributed by atoms with E-state index in [0.29, 0.717) is 11.5 Å². The number of anilines is 2. The Bertz CT molecular complexity index is 6010. The zero-order chi connectivity index (χ0) is 66.7. The number of aromatic nitrogens is 4. The van der Waals surface area contributed by atoms with E-state index in [9.17, 15) is 0 Å². The number of rotatable bonds is 10. The predicted molar refractivity (Wildman–Crippen MR) is 417 cm³/mol. The van der Waals surface area contributed by atoms with Gasteiger partial charge in [0.2, 0.25) is 0 Å². The Morgan fingerprint density at radius 2 is 0.870 bits per heavy atom. The van der Waals surface area contributed by atoms with Crippen molar-refractivity contribution in [1.82, 2.24) is 18.7 Å². The van der Waals surface area contributed by atoms with Gasteiger partial charge in [0.15, 0.2) is 8.07 Å². The van der Waals surface area contributed by atoms with Crippen LogP contribution in [0.4, 0.5) is 11.4 Å². The number of ether oxygens (including phenoxy) is 1. The summed E-state index contributed by atoms with van der Waals surface area (Å²) in [6, 6.07) is 120. The summed E-state index contributed by atoms with van der Waals surface area (Å²) in [4.78, 5) is 7.42. The molecule has 0 aliphatic carbocycles. The minimum absolute atomic E-state index is 0. The van der Waals surface area contributed by atoms with Crippen LogP contribution in [0.1, 0.15) is 52.7 Å². The zero-order valence-electron chi connectivity index (χ0n) is 56.5. The molecule has 0 N–H and O–H groups in total. The number of para-hydroxylation sites is 5. The maximum atomic E-state index is 7.33. The Morgan fingerprint density at radius 3 is 1.45 bits per heavy atom. The quantitative estimate of drug-likeness (QED) is 0.0778. The summed E-state index contributed by atoms with van der Waals surface area (Å²) in [7, 11) is -3.04. The van der Waals surface area contributed by atoms with E-state index >= 15 is 0 Å². The maximum Gasteiger partial charge on any atom is 0.179 e. The zero-order valence-corrected chi connectivity index (χ0v) is 59.8. The maximum absolute atomic E-state index is 7.33. The van der Waals surface area contributed by atoms with Crippen LogP contribution in [0.25, 0.3) is 110 Å². The van der Waals surface area contributed by atoms with E-state index in [1.807, 2.05) is 12.3 Å². The van der Waals surface area contributed by atoms with E-state index < -0.39 is 8.07 Å². The Kier molecular flexibility index (Phi) is 15.2. The summed E-state index contributed by atoms with van der Waals surface area (Å²) in [6.45, 7) is 16.1. The van der Waals surface area contributed by atoms with Crippen LogP contribution < -0.4 is 30.4 Å². The van der Waals surface area contributed by atoms with E-state index in [2.05, 4.69) is 376 Å². The molecule has 0 spiro atoms. The number of benzene rings is 13. The van der Waals surface area contributed by atoms with Crippen LogP contribution in [-0.4, -0.2) is 26.8 Å². The Labute approximate surface area is 598 Å². The van der Waals surface area contributed by atoms with E-state index in [1.54, 1.807) is 0 Å². The van der Waals surface area contributed by atoms with Crippen molar-refractivity contribution in [2.45, 2.75) is 52.4 Å². The van der Waals surface area contributed by atoms with Crippen molar-refractivity contribution in [3.63, 3.8) is 0 Å². The van der Waals surface area contributed by atoms with Gasteiger partial charge in [-0.3, -0.25) is 0 Å². The third-order valence-corrected chi connectivity index (χ3v) is 25.2. The summed E-state index contributed by atoms with van der Waals surface area (Å²) in [5.41, 5.74) is 13.5. The molecule has 0 radical (unpaired) electrons. The molecule has 13 aromatic carbocycles. The second kappa shape index (κ2) is 24.3. The molecule has 5 heterocycles. The smallest absolute Gasteiger partial charge is 0.179 e. The molecule has 0 fully saturated rings. The van der Waals surface area contributed by atoms with Gasteiger partial charge in [0, 0.05) is 60.7 Å². The fraction of sp³-hybridized carbons (Fsp3) is 0.0870. The minimum atomic E-state index is -3.04. The van der Waals surface area contributed by atoms with Crippen molar-refractivity contribution in [3.05, 3.63) is 339 Å². The molecule has 0 unspecified atom stereocenters. The Balaban J connectivity index is 0.00000748. The van der Waals surface area contributed by atoms with Gasteiger partial charge in [-0.1, -0.05) is 301 Å². The number of hydrogen-bond donors (Lipinski definition) is 0.